The average Bonchev–Trinajstić information content (AvgIpc) is 3.10. The Hall–Kier alpha value is -2.18. The molecule has 0 heterocycles. The van der Waals surface area contributed by atoms with Crippen molar-refractivity contribution < 1.29 is 29.3 Å². The van der Waals surface area contributed by atoms with E-state index in [-0.39, 0.29) is 31.3 Å². The smallest absolute Gasteiger partial charge is 0.306 e. The highest BCUT2D eigenvalue weighted by Gasteiger charge is 2.16. The van der Waals surface area contributed by atoms with Crippen molar-refractivity contribution in [2.75, 3.05) is 13.2 Å². The van der Waals surface area contributed by atoms with E-state index in [2.05, 4.69) is 62.5 Å². The molecular weight excluding hydrogens is 636 g/mol. The largest absolute Gasteiger partial charge is 0.462 e. The van der Waals surface area contributed by atoms with Gasteiger partial charge in [-0.2, -0.15) is 0 Å². The number of hydrogen-bond donors (Lipinski definition) is 2. The maximum absolute atomic E-state index is 12.2. The van der Waals surface area contributed by atoms with Crippen LogP contribution in [0.5, 0.6) is 0 Å². The third-order valence-corrected chi connectivity index (χ3v) is 9.07. The number of allylic oxidation sites excluding steroid dienone is 8. The first-order valence-corrected chi connectivity index (χ1v) is 21.1. The van der Waals surface area contributed by atoms with Gasteiger partial charge in [-0.15, -0.1) is 0 Å². The lowest BCUT2D eigenvalue weighted by Crippen LogP contribution is -2.28. The standard InChI is InChI=1S/C45H80O6/c1-41(2)35-31-27-23-19-15-11-7-4-5-9-14-18-22-26-30-34-38-45(49)51-43(39-46)40-50-44(48)37-33-29-25-21-17-13-10-6-8-12-16-20-24-28-32-36-42(3)47/h8,10,12-13,20-21,24-25,41-43,46-47H,4-7,9,11,14-19,22-23,26-40H2,1-3H3/b12-8-,13-10-,24-20-,25-21-/t42-,43+/m1/s1. The van der Waals surface area contributed by atoms with Crippen LogP contribution in [0.4, 0.5) is 0 Å². The predicted molar refractivity (Wildman–Crippen MR) is 216 cm³/mol. The van der Waals surface area contributed by atoms with Crippen molar-refractivity contribution >= 4 is 11.9 Å². The first kappa shape index (κ1) is 48.8. The van der Waals surface area contributed by atoms with Crippen molar-refractivity contribution in [2.24, 2.45) is 5.92 Å². The van der Waals surface area contributed by atoms with E-state index < -0.39 is 6.10 Å². The Balaban J connectivity index is 3.62. The number of esters is 2. The zero-order valence-electron chi connectivity index (χ0n) is 33.4. The molecular formula is C45H80O6. The molecule has 0 aromatic carbocycles. The van der Waals surface area contributed by atoms with Gasteiger partial charge in [0.15, 0.2) is 6.10 Å². The van der Waals surface area contributed by atoms with Gasteiger partial charge in [-0.3, -0.25) is 9.59 Å². The van der Waals surface area contributed by atoms with Crippen LogP contribution in [0.15, 0.2) is 48.6 Å². The average molecular weight is 717 g/mol. The molecule has 0 radical (unpaired) electrons. The van der Waals surface area contributed by atoms with Gasteiger partial charge >= 0.3 is 11.9 Å². The number of rotatable bonds is 37. The zero-order valence-corrected chi connectivity index (χ0v) is 33.4. The van der Waals surface area contributed by atoms with Gasteiger partial charge in [0.2, 0.25) is 0 Å². The molecule has 0 bridgehead atoms. The fourth-order valence-corrected chi connectivity index (χ4v) is 5.87. The summed E-state index contributed by atoms with van der Waals surface area (Å²) in [7, 11) is 0. The molecule has 0 aromatic rings. The molecule has 2 N–H and O–H groups in total. The normalized spacial score (nSPS) is 13.4. The van der Waals surface area contributed by atoms with Gasteiger partial charge in [0, 0.05) is 12.8 Å². The SMILES string of the molecule is CC(C)CCCCCCCCCCCCCCCCCCC(=O)O[C@@H](CO)COC(=O)CCC/C=C\C/C=C\C/C=C\C/C=C\CCC[C@@H](C)O. The van der Waals surface area contributed by atoms with E-state index in [1.165, 1.54) is 89.9 Å². The summed E-state index contributed by atoms with van der Waals surface area (Å²) in [6.07, 6.45) is 46.0. The number of aliphatic hydroxyl groups excluding tert-OH is 2. The van der Waals surface area contributed by atoms with Crippen molar-refractivity contribution in [1.82, 2.24) is 0 Å². The lowest BCUT2D eigenvalue weighted by Gasteiger charge is -2.15. The first-order chi connectivity index (χ1) is 24.8. The molecule has 0 aliphatic rings. The van der Waals surface area contributed by atoms with Crippen LogP contribution < -0.4 is 0 Å². The summed E-state index contributed by atoms with van der Waals surface area (Å²) in [4.78, 5) is 24.3. The predicted octanol–water partition coefficient (Wildman–Crippen LogP) is 12.2. The quantitative estimate of drug-likeness (QED) is 0.0378. The number of aliphatic hydroxyl groups is 2. The van der Waals surface area contributed by atoms with Crippen molar-refractivity contribution in [3.05, 3.63) is 48.6 Å². The summed E-state index contributed by atoms with van der Waals surface area (Å²) in [5, 5.41) is 18.8. The lowest BCUT2D eigenvalue weighted by atomic mass is 10.0. The second-order valence-corrected chi connectivity index (χ2v) is 14.8. The highest BCUT2D eigenvalue weighted by molar-refractivity contribution is 5.70. The van der Waals surface area contributed by atoms with E-state index in [0.717, 1.165) is 70.1 Å². The molecule has 0 unspecified atom stereocenters. The molecule has 0 saturated heterocycles. The third kappa shape index (κ3) is 40.4. The molecule has 0 rings (SSSR count). The van der Waals surface area contributed by atoms with Crippen molar-refractivity contribution in [3.63, 3.8) is 0 Å². The molecule has 0 amide bonds. The summed E-state index contributed by atoms with van der Waals surface area (Å²) in [5.74, 6) is 0.183. The maximum atomic E-state index is 12.2. The van der Waals surface area contributed by atoms with E-state index >= 15 is 0 Å². The highest BCUT2D eigenvalue weighted by atomic mass is 16.6. The van der Waals surface area contributed by atoms with Crippen LogP contribution in [0.2, 0.25) is 0 Å². The van der Waals surface area contributed by atoms with Crippen LogP contribution in [0.25, 0.3) is 0 Å². The van der Waals surface area contributed by atoms with Gasteiger partial charge in [0.25, 0.3) is 0 Å². The summed E-state index contributed by atoms with van der Waals surface area (Å²) in [6.45, 7) is 6.01. The minimum absolute atomic E-state index is 0.102. The summed E-state index contributed by atoms with van der Waals surface area (Å²) in [5.41, 5.74) is 0. The Morgan fingerprint density at radius 2 is 0.922 bits per heavy atom. The second-order valence-electron chi connectivity index (χ2n) is 14.8. The number of unbranched alkanes of at least 4 members (excludes halogenated alkanes) is 17. The molecule has 0 aliphatic heterocycles. The maximum Gasteiger partial charge on any atom is 0.306 e. The topological polar surface area (TPSA) is 93.1 Å². The van der Waals surface area contributed by atoms with Gasteiger partial charge in [0.1, 0.15) is 6.61 Å². The summed E-state index contributed by atoms with van der Waals surface area (Å²) in [6, 6.07) is 0. The van der Waals surface area contributed by atoms with Gasteiger partial charge < -0.3 is 19.7 Å². The minimum atomic E-state index is -0.801. The van der Waals surface area contributed by atoms with Gasteiger partial charge in [0.05, 0.1) is 12.7 Å². The van der Waals surface area contributed by atoms with Crippen LogP contribution >= 0.6 is 0 Å². The highest BCUT2D eigenvalue weighted by Crippen LogP contribution is 2.15. The molecule has 0 saturated carbocycles. The molecule has 51 heavy (non-hydrogen) atoms. The molecule has 6 heteroatoms. The summed E-state index contributed by atoms with van der Waals surface area (Å²) < 4.78 is 10.6. The van der Waals surface area contributed by atoms with E-state index in [1.54, 1.807) is 0 Å². The van der Waals surface area contributed by atoms with Crippen molar-refractivity contribution in [3.8, 4) is 0 Å². The van der Waals surface area contributed by atoms with Crippen LogP contribution in [-0.4, -0.2) is 47.6 Å². The lowest BCUT2D eigenvalue weighted by molar-refractivity contribution is -0.161. The fourth-order valence-electron chi connectivity index (χ4n) is 5.87. The van der Waals surface area contributed by atoms with Crippen molar-refractivity contribution in [2.45, 2.75) is 206 Å². The van der Waals surface area contributed by atoms with E-state index in [4.69, 9.17) is 9.47 Å². The van der Waals surface area contributed by atoms with Crippen LogP contribution in [0, 0.1) is 5.92 Å². The Kier molecular flexibility index (Phi) is 37.4. The number of ether oxygens (including phenoxy) is 2. The van der Waals surface area contributed by atoms with Gasteiger partial charge in [-0.25, -0.2) is 0 Å². The number of carbonyl (C=O) groups is 2. The second kappa shape index (κ2) is 39.0. The Morgan fingerprint density at radius 3 is 1.37 bits per heavy atom. The minimum Gasteiger partial charge on any atom is -0.462 e. The Bertz CT molecular complexity index is 887. The fraction of sp³-hybridized carbons (Fsp3) is 0.778. The van der Waals surface area contributed by atoms with Crippen LogP contribution in [0.1, 0.15) is 194 Å². The van der Waals surface area contributed by atoms with E-state index in [9.17, 15) is 19.8 Å². The molecule has 296 valence electrons. The Morgan fingerprint density at radius 1 is 0.510 bits per heavy atom. The molecule has 0 fully saturated rings. The molecule has 0 aromatic heterocycles. The molecule has 0 aliphatic carbocycles. The Labute approximate surface area is 314 Å². The molecule has 0 spiro atoms. The number of carbonyl (C=O) groups excluding carboxylic acids is 2. The zero-order chi connectivity index (χ0) is 37.5. The number of hydrogen-bond acceptors (Lipinski definition) is 6. The van der Waals surface area contributed by atoms with Crippen molar-refractivity contribution in [1.29, 1.82) is 0 Å². The monoisotopic (exact) mass is 717 g/mol. The van der Waals surface area contributed by atoms with Crippen LogP contribution in [0.3, 0.4) is 0 Å². The van der Waals surface area contributed by atoms with Gasteiger partial charge in [-0.05, 0) is 70.6 Å². The molecule has 2 atom stereocenters. The first-order valence-electron chi connectivity index (χ1n) is 21.1. The van der Waals surface area contributed by atoms with E-state index in [1.807, 2.05) is 6.92 Å². The molecule has 6 nitrogen and oxygen atoms in total. The third-order valence-electron chi connectivity index (χ3n) is 9.07. The summed E-state index contributed by atoms with van der Waals surface area (Å²) >= 11 is 0. The van der Waals surface area contributed by atoms with Crippen LogP contribution in [-0.2, 0) is 19.1 Å². The van der Waals surface area contributed by atoms with E-state index in [0.29, 0.717) is 19.3 Å². The van der Waals surface area contributed by atoms with Gasteiger partial charge in [-0.1, -0.05) is 165 Å².